The molecule has 0 aromatic heterocycles. The minimum atomic E-state index is 0.367. The molecule has 0 saturated carbocycles. The molecule has 0 aromatic rings. The topological polar surface area (TPSA) is 20.2 Å². The summed E-state index contributed by atoms with van der Waals surface area (Å²) in [6.07, 6.45) is 20.5. The molecular weight excluding hydrogens is 268 g/mol. The van der Waals surface area contributed by atoms with Crippen molar-refractivity contribution in [3.05, 3.63) is 12.7 Å². The van der Waals surface area contributed by atoms with E-state index in [0.29, 0.717) is 6.61 Å². The van der Waals surface area contributed by atoms with Crippen molar-refractivity contribution >= 4 is 0 Å². The number of allylic oxidation sites excluding steroid dienone is 1. The van der Waals surface area contributed by atoms with Crippen LogP contribution in [0.15, 0.2) is 12.7 Å². The highest BCUT2D eigenvalue weighted by atomic mass is 16.2. The third kappa shape index (κ3) is 27.9. The zero-order valence-corrected chi connectivity index (χ0v) is 15.9. The first kappa shape index (κ1) is 24.0. The molecule has 0 radical (unpaired) electrons. The van der Waals surface area contributed by atoms with Crippen LogP contribution in [0.2, 0.25) is 0 Å². The van der Waals surface area contributed by atoms with Crippen LogP contribution in [0.5, 0.6) is 0 Å². The van der Waals surface area contributed by atoms with Gasteiger partial charge in [-0.2, -0.15) is 0 Å². The van der Waals surface area contributed by atoms with Crippen molar-refractivity contribution < 1.29 is 5.11 Å². The standard InChI is InChI=1S/C11H24O.C10H20/c1-11(2)9-7-5-3-4-6-8-10-12;1-3-5-7-9-10-8-6-4-2/h11-12H,3-10H2,1-2H3;3H,1,4-10H2,2H3. The van der Waals surface area contributed by atoms with E-state index < -0.39 is 0 Å². The highest BCUT2D eigenvalue weighted by Crippen LogP contribution is 2.11. The molecule has 0 bridgehead atoms. The molecule has 0 atom stereocenters. The molecule has 0 amide bonds. The van der Waals surface area contributed by atoms with E-state index in [9.17, 15) is 0 Å². The van der Waals surface area contributed by atoms with Gasteiger partial charge in [-0.25, -0.2) is 0 Å². The fourth-order valence-corrected chi connectivity index (χ4v) is 2.44. The largest absolute Gasteiger partial charge is 0.396 e. The minimum absolute atomic E-state index is 0.367. The van der Waals surface area contributed by atoms with Crippen LogP contribution in [0.25, 0.3) is 0 Å². The summed E-state index contributed by atoms with van der Waals surface area (Å²) in [5.74, 6) is 0.863. The Bertz CT molecular complexity index is 186. The van der Waals surface area contributed by atoms with Gasteiger partial charge in [0, 0.05) is 6.61 Å². The van der Waals surface area contributed by atoms with Crippen LogP contribution >= 0.6 is 0 Å². The summed E-state index contributed by atoms with van der Waals surface area (Å²) in [7, 11) is 0. The van der Waals surface area contributed by atoms with Gasteiger partial charge in [0.15, 0.2) is 0 Å². The Morgan fingerprint density at radius 1 is 0.773 bits per heavy atom. The predicted molar refractivity (Wildman–Crippen MR) is 102 cm³/mol. The van der Waals surface area contributed by atoms with Gasteiger partial charge in [0.2, 0.25) is 0 Å². The number of hydrogen-bond acceptors (Lipinski definition) is 1. The number of aliphatic hydroxyl groups is 1. The number of aliphatic hydroxyl groups excluding tert-OH is 1. The third-order valence-electron chi connectivity index (χ3n) is 3.95. The average Bonchev–Trinajstić information content (AvgIpc) is 2.50. The van der Waals surface area contributed by atoms with Crippen LogP contribution in [0, 0.1) is 5.92 Å². The van der Waals surface area contributed by atoms with Crippen LogP contribution in [0.1, 0.15) is 111 Å². The van der Waals surface area contributed by atoms with Crippen LogP contribution < -0.4 is 0 Å². The molecule has 0 aliphatic heterocycles. The summed E-state index contributed by atoms with van der Waals surface area (Å²) in [5.41, 5.74) is 0. The molecule has 1 nitrogen and oxygen atoms in total. The maximum atomic E-state index is 8.54. The molecule has 0 rings (SSSR count). The first-order valence-electron chi connectivity index (χ1n) is 9.90. The van der Waals surface area contributed by atoms with Crippen LogP contribution in [0.4, 0.5) is 0 Å². The van der Waals surface area contributed by atoms with Crippen molar-refractivity contribution in [2.45, 2.75) is 111 Å². The van der Waals surface area contributed by atoms with Gasteiger partial charge in [-0.15, -0.1) is 6.58 Å². The molecule has 0 spiro atoms. The summed E-state index contributed by atoms with van der Waals surface area (Å²) < 4.78 is 0. The van der Waals surface area contributed by atoms with E-state index in [2.05, 4.69) is 27.4 Å². The molecule has 0 saturated heterocycles. The fraction of sp³-hybridized carbons (Fsp3) is 0.905. The Kier molecular flexibility index (Phi) is 25.0. The van der Waals surface area contributed by atoms with Gasteiger partial charge < -0.3 is 5.11 Å². The summed E-state index contributed by atoms with van der Waals surface area (Å²) in [6.45, 7) is 10.9. The number of hydrogen-bond donors (Lipinski definition) is 1. The van der Waals surface area contributed by atoms with Crippen molar-refractivity contribution in [1.82, 2.24) is 0 Å². The van der Waals surface area contributed by atoms with Crippen molar-refractivity contribution in [2.24, 2.45) is 5.92 Å². The van der Waals surface area contributed by atoms with Gasteiger partial charge in [0.05, 0.1) is 0 Å². The normalized spacial score (nSPS) is 10.4. The Balaban J connectivity index is 0. The van der Waals surface area contributed by atoms with E-state index in [4.69, 9.17) is 5.11 Å². The first-order valence-corrected chi connectivity index (χ1v) is 9.90. The smallest absolute Gasteiger partial charge is 0.0431 e. The Hall–Kier alpha value is -0.300. The van der Waals surface area contributed by atoms with Crippen molar-refractivity contribution in [3.8, 4) is 0 Å². The highest BCUT2D eigenvalue weighted by molar-refractivity contribution is 4.65. The zero-order chi connectivity index (χ0) is 16.9. The van der Waals surface area contributed by atoms with E-state index in [1.807, 2.05) is 6.08 Å². The van der Waals surface area contributed by atoms with Gasteiger partial charge in [0.1, 0.15) is 0 Å². The van der Waals surface area contributed by atoms with Gasteiger partial charge in [0.25, 0.3) is 0 Å². The molecule has 0 fully saturated rings. The van der Waals surface area contributed by atoms with Gasteiger partial charge in [-0.1, -0.05) is 97.5 Å². The minimum Gasteiger partial charge on any atom is -0.396 e. The van der Waals surface area contributed by atoms with E-state index in [1.165, 1.54) is 83.5 Å². The lowest BCUT2D eigenvalue weighted by Gasteiger charge is -2.03. The van der Waals surface area contributed by atoms with E-state index >= 15 is 0 Å². The molecule has 0 aliphatic carbocycles. The van der Waals surface area contributed by atoms with Gasteiger partial charge in [-0.05, 0) is 25.2 Å². The second-order valence-electron chi connectivity index (χ2n) is 6.87. The summed E-state index contributed by atoms with van der Waals surface area (Å²) >= 11 is 0. The van der Waals surface area contributed by atoms with Crippen LogP contribution in [-0.2, 0) is 0 Å². The predicted octanol–water partition coefficient (Wildman–Crippen LogP) is 7.29. The second-order valence-corrected chi connectivity index (χ2v) is 6.87. The molecule has 0 unspecified atom stereocenters. The summed E-state index contributed by atoms with van der Waals surface area (Å²) in [4.78, 5) is 0. The molecule has 0 aromatic carbocycles. The first-order chi connectivity index (χ1) is 10.7. The molecular formula is C21H44O. The number of rotatable bonds is 15. The van der Waals surface area contributed by atoms with Crippen LogP contribution in [0.3, 0.4) is 0 Å². The summed E-state index contributed by atoms with van der Waals surface area (Å²) in [6, 6.07) is 0. The Morgan fingerprint density at radius 2 is 1.27 bits per heavy atom. The summed E-state index contributed by atoms with van der Waals surface area (Å²) in [5, 5.41) is 8.54. The van der Waals surface area contributed by atoms with Crippen LogP contribution in [-0.4, -0.2) is 11.7 Å². The third-order valence-corrected chi connectivity index (χ3v) is 3.95. The maximum Gasteiger partial charge on any atom is 0.0431 e. The molecule has 1 N–H and O–H groups in total. The molecule has 0 heterocycles. The monoisotopic (exact) mass is 312 g/mol. The fourth-order valence-electron chi connectivity index (χ4n) is 2.44. The average molecular weight is 313 g/mol. The van der Waals surface area contributed by atoms with Crippen molar-refractivity contribution in [2.75, 3.05) is 6.61 Å². The van der Waals surface area contributed by atoms with Gasteiger partial charge >= 0.3 is 0 Å². The molecule has 22 heavy (non-hydrogen) atoms. The second kappa shape index (κ2) is 23.0. The lowest BCUT2D eigenvalue weighted by Crippen LogP contribution is -1.87. The van der Waals surface area contributed by atoms with Crippen molar-refractivity contribution in [3.63, 3.8) is 0 Å². The lowest BCUT2D eigenvalue weighted by molar-refractivity contribution is 0.282. The van der Waals surface area contributed by atoms with E-state index in [0.717, 1.165) is 12.3 Å². The van der Waals surface area contributed by atoms with Crippen molar-refractivity contribution in [1.29, 1.82) is 0 Å². The quantitative estimate of drug-likeness (QED) is 0.248. The SMILES string of the molecule is C=CCCCCCCCC.CC(C)CCCCCCCCO. The van der Waals surface area contributed by atoms with Gasteiger partial charge in [-0.3, -0.25) is 0 Å². The highest BCUT2D eigenvalue weighted by Gasteiger charge is 1.94. The molecule has 134 valence electrons. The lowest BCUT2D eigenvalue weighted by atomic mass is 10.0. The molecule has 1 heteroatoms. The number of unbranched alkanes of at least 4 members (excludes halogenated alkanes) is 11. The molecule has 0 aliphatic rings. The Morgan fingerprint density at radius 3 is 1.77 bits per heavy atom. The maximum absolute atomic E-state index is 8.54. The Labute approximate surface area is 141 Å². The zero-order valence-electron chi connectivity index (χ0n) is 15.9. The van der Waals surface area contributed by atoms with E-state index in [-0.39, 0.29) is 0 Å². The van der Waals surface area contributed by atoms with E-state index in [1.54, 1.807) is 0 Å².